The largest absolute Gasteiger partial charge is 0.373 e. The summed E-state index contributed by atoms with van der Waals surface area (Å²) in [6, 6.07) is 8.51. The molecule has 2 heteroatoms. The van der Waals surface area contributed by atoms with Gasteiger partial charge in [0, 0.05) is 0 Å². The van der Waals surface area contributed by atoms with Gasteiger partial charge in [-0.05, 0) is 30.0 Å². The lowest BCUT2D eigenvalue weighted by molar-refractivity contribution is 0.00875. The number of benzene rings is 1. The van der Waals surface area contributed by atoms with Gasteiger partial charge in [0.05, 0.1) is 12.7 Å². The van der Waals surface area contributed by atoms with E-state index in [9.17, 15) is 0 Å². The number of hydrogen-bond acceptors (Lipinski definition) is 2. The Kier molecular flexibility index (Phi) is 2.85. The molecule has 0 aliphatic carbocycles. The molecule has 2 atom stereocenters. The molecule has 1 aliphatic rings. The molecule has 0 saturated carbocycles. The average Bonchev–Trinajstić information content (AvgIpc) is 2.27. The van der Waals surface area contributed by atoms with Gasteiger partial charge < -0.3 is 10.5 Å². The quantitative estimate of drug-likeness (QED) is 0.774. The van der Waals surface area contributed by atoms with Crippen LogP contribution in [-0.2, 0) is 11.2 Å². The molecule has 0 spiro atoms. The molecule has 2 N–H and O–H groups in total. The van der Waals surface area contributed by atoms with Crippen LogP contribution in [0.25, 0.3) is 0 Å². The average molecular weight is 191 g/mol. The van der Waals surface area contributed by atoms with Crippen molar-refractivity contribution in [1.82, 2.24) is 0 Å². The first-order valence-corrected chi connectivity index (χ1v) is 5.22. The van der Waals surface area contributed by atoms with Gasteiger partial charge in [0.2, 0.25) is 0 Å². The molecule has 2 nitrogen and oxygen atoms in total. The fourth-order valence-electron chi connectivity index (χ4n) is 2.02. The van der Waals surface area contributed by atoms with E-state index in [0.717, 1.165) is 13.0 Å². The van der Waals surface area contributed by atoms with Gasteiger partial charge >= 0.3 is 0 Å². The van der Waals surface area contributed by atoms with Crippen LogP contribution in [0.1, 0.15) is 24.2 Å². The highest BCUT2D eigenvalue weighted by atomic mass is 16.5. The van der Waals surface area contributed by atoms with Gasteiger partial charge in [-0.3, -0.25) is 0 Å². The van der Waals surface area contributed by atoms with E-state index in [1.54, 1.807) is 0 Å². The molecule has 2 rings (SSSR count). The molecule has 0 fully saturated rings. The molecular weight excluding hydrogens is 174 g/mol. The highest BCUT2D eigenvalue weighted by Gasteiger charge is 2.24. The first-order chi connectivity index (χ1) is 6.83. The Morgan fingerprint density at radius 2 is 2.29 bits per heavy atom. The molecule has 1 aliphatic heterocycles. The Hall–Kier alpha value is -0.860. The van der Waals surface area contributed by atoms with E-state index >= 15 is 0 Å². The fourth-order valence-corrected chi connectivity index (χ4v) is 2.02. The maximum Gasteiger partial charge on any atom is 0.0865 e. The monoisotopic (exact) mass is 191 g/mol. The van der Waals surface area contributed by atoms with Crippen molar-refractivity contribution in [2.45, 2.75) is 19.4 Å². The smallest absolute Gasteiger partial charge is 0.0865 e. The topological polar surface area (TPSA) is 35.2 Å². The summed E-state index contributed by atoms with van der Waals surface area (Å²) < 4.78 is 5.78. The normalized spacial score (nSPS) is 22.9. The van der Waals surface area contributed by atoms with Crippen molar-refractivity contribution in [1.29, 1.82) is 0 Å². The molecule has 1 aromatic carbocycles. The predicted molar refractivity (Wildman–Crippen MR) is 57.1 cm³/mol. The lowest BCUT2D eigenvalue weighted by Crippen LogP contribution is -2.26. The lowest BCUT2D eigenvalue weighted by atomic mass is 9.90. The second-order valence-electron chi connectivity index (χ2n) is 3.95. The molecule has 1 aromatic rings. The third kappa shape index (κ3) is 1.68. The van der Waals surface area contributed by atoms with Crippen molar-refractivity contribution in [2.75, 3.05) is 13.2 Å². The molecule has 0 amide bonds. The standard InChI is InChI=1S/C12H17NO/c1-9(8-13)12-11-5-3-2-4-10(11)6-7-14-12/h2-5,9,12H,6-8,13H2,1H3/t9-,12?/m1/s1. The summed E-state index contributed by atoms with van der Waals surface area (Å²) in [5.41, 5.74) is 8.43. The van der Waals surface area contributed by atoms with Crippen LogP contribution in [-0.4, -0.2) is 13.2 Å². The minimum Gasteiger partial charge on any atom is -0.373 e. The van der Waals surface area contributed by atoms with E-state index in [4.69, 9.17) is 10.5 Å². The minimum atomic E-state index is 0.199. The molecule has 14 heavy (non-hydrogen) atoms. The Labute approximate surface area is 85.1 Å². The summed E-state index contributed by atoms with van der Waals surface area (Å²) in [4.78, 5) is 0. The zero-order valence-electron chi connectivity index (χ0n) is 8.57. The van der Waals surface area contributed by atoms with E-state index < -0.39 is 0 Å². The summed E-state index contributed by atoms with van der Waals surface area (Å²) >= 11 is 0. The maximum atomic E-state index is 5.78. The molecular formula is C12H17NO. The van der Waals surface area contributed by atoms with Gasteiger partial charge in [0.15, 0.2) is 0 Å². The Balaban J connectivity index is 2.30. The van der Waals surface area contributed by atoms with Crippen molar-refractivity contribution in [3.05, 3.63) is 35.4 Å². The summed E-state index contributed by atoms with van der Waals surface area (Å²) in [6.45, 7) is 3.65. The van der Waals surface area contributed by atoms with E-state index in [-0.39, 0.29) is 6.10 Å². The zero-order valence-corrected chi connectivity index (χ0v) is 8.57. The SMILES string of the molecule is C[C@H](CN)C1OCCc2ccccc21. The summed E-state index contributed by atoms with van der Waals surface area (Å²) in [6.07, 6.45) is 1.23. The third-order valence-corrected chi connectivity index (χ3v) is 2.92. The number of nitrogens with two attached hydrogens (primary N) is 1. The second kappa shape index (κ2) is 4.11. The number of ether oxygens (including phenoxy) is 1. The van der Waals surface area contributed by atoms with Crippen LogP contribution < -0.4 is 5.73 Å². The number of rotatable bonds is 2. The molecule has 0 saturated heterocycles. The number of fused-ring (bicyclic) bond motifs is 1. The molecule has 0 bridgehead atoms. The predicted octanol–water partition coefficient (Wildman–Crippen LogP) is 1.90. The fraction of sp³-hybridized carbons (Fsp3) is 0.500. The lowest BCUT2D eigenvalue weighted by Gasteiger charge is -2.29. The highest BCUT2D eigenvalue weighted by Crippen LogP contribution is 2.31. The van der Waals surface area contributed by atoms with Crippen molar-refractivity contribution in [3.63, 3.8) is 0 Å². The van der Waals surface area contributed by atoms with Crippen LogP contribution in [0.4, 0.5) is 0 Å². The zero-order chi connectivity index (χ0) is 9.97. The van der Waals surface area contributed by atoms with Crippen LogP contribution >= 0.6 is 0 Å². The summed E-state index contributed by atoms with van der Waals surface area (Å²) in [5.74, 6) is 0.399. The first kappa shape index (κ1) is 9.69. The van der Waals surface area contributed by atoms with Crippen molar-refractivity contribution >= 4 is 0 Å². The van der Waals surface area contributed by atoms with Gasteiger partial charge in [-0.15, -0.1) is 0 Å². The maximum absolute atomic E-state index is 5.78. The Bertz CT molecular complexity index is 311. The summed E-state index contributed by atoms with van der Waals surface area (Å²) in [7, 11) is 0. The Morgan fingerprint density at radius 1 is 1.50 bits per heavy atom. The van der Waals surface area contributed by atoms with Gasteiger partial charge in [0.25, 0.3) is 0 Å². The van der Waals surface area contributed by atoms with Crippen LogP contribution in [0.3, 0.4) is 0 Å². The third-order valence-electron chi connectivity index (χ3n) is 2.92. The minimum absolute atomic E-state index is 0.199. The molecule has 76 valence electrons. The van der Waals surface area contributed by atoms with E-state index in [1.165, 1.54) is 11.1 Å². The van der Waals surface area contributed by atoms with Crippen LogP contribution in [0.15, 0.2) is 24.3 Å². The summed E-state index contributed by atoms with van der Waals surface area (Å²) in [5, 5.41) is 0. The van der Waals surface area contributed by atoms with Gasteiger partial charge in [-0.25, -0.2) is 0 Å². The van der Waals surface area contributed by atoms with Gasteiger partial charge in [-0.1, -0.05) is 31.2 Å². The van der Waals surface area contributed by atoms with Gasteiger partial charge in [-0.2, -0.15) is 0 Å². The van der Waals surface area contributed by atoms with Crippen molar-refractivity contribution < 1.29 is 4.74 Å². The number of hydrogen-bond donors (Lipinski definition) is 1. The van der Waals surface area contributed by atoms with Crippen molar-refractivity contribution in [3.8, 4) is 0 Å². The van der Waals surface area contributed by atoms with E-state index in [0.29, 0.717) is 12.5 Å². The van der Waals surface area contributed by atoms with Crippen LogP contribution in [0.2, 0.25) is 0 Å². The van der Waals surface area contributed by atoms with E-state index in [2.05, 4.69) is 31.2 Å². The molecule has 1 unspecified atom stereocenters. The van der Waals surface area contributed by atoms with E-state index in [1.807, 2.05) is 0 Å². The van der Waals surface area contributed by atoms with Crippen LogP contribution in [0.5, 0.6) is 0 Å². The van der Waals surface area contributed by atoms with Crippen molar-refractivity contribution in [2.24, 2.45) is 11.7 Å². The van der Waals surface area contributed by atoms with Gasteiger partial charge in [0.1, 0.15) is 0 Å². The second-order valence-corrected chi connectivity index (χ2v) is 3.95. The molecule has 0 aromatic heterocycles. The Morgan fingerprint density at radius 3 is 3.07 bits per heavy atom. The van der Waals surface area contributed by atoms with Crippen LogP contribution in [0, 0.1) is 5.92 Å². The molecule has 0 radical (unpaired) electrons. The highest BCUT2D eigenvalue weighted by molar-refractivity contribution is 5.31. The first-order valence-electron chi connectivity index (χ1n) is 5.22. The molecule has 1 heterocycles.